The molecule has 0 radical (unpaired) electrons. The van der Waals surface area contributed by atoms with Crippen molar-refractivity contribution >= 4 is 0 Å². The van der Waals surface area contributed by atoms with Gasteiger partial charge < -0.3 is 38.3 Å². The van der Waals surface area contributed by atoms with E-state index >= 15 is 0 Å². The van der Waals surface area contributed by atoms with Crippen LogP contribution in [0.4, 0.5) is 0 Å². The van der Waals surface area contributed by atoms with Crippen molar-refractivity contribution in [1.29, 1.82) is 15.8 Å². The topological polar surface area (TPSA) is 152 Å². The van der Waals surface area contributed by atoms with E-state index in [0.29, 0.717) is 6.10 Å². The number of nitrogens with one attached hydrogen (secondary N) is 3. The third-order valence-electron chi connectivity index (χ3n) is 9.59. The van der Waals surface area contributed by atoms with Crippen LogP contribution in [0.25, 0.3) is 0 Å². The summed E-state index contributed by atoms with van der Waals surface area (Å²) in [5.74, 6) is 0. The van der Waals surface area contributed by atoms with Crippen LogP contribution in [0.2, 0.25) is 0 Å². The zero-order valence-electron chi connectivity index (χ0n) is 29.4. The summed E-state index contributed by atoms with van der Waals surface area (Å²) in [6, 6.07) is 4.61. The van der Waals surface area contributed by atoms with E-state index in [1.165, 1.54) is 84.1 Å². The van der Waals surface area contributed by atoms with Crippen molar-refractivity contribution < 1.29 is 56.1 Å². The van der Waals surface area contributed by atoms with Crippen molar-refractivity contribution in [2.75, 3.05) is 59.0 Å². The first kappa shape index (κ1) is 43.8. The van der Waals surface area contributed by atoms with E-state index in [0.717, 1.165) is 83.3 Å². The number of hydrogen-bond acceptors (Lipinski definition) is 11. The zero-order chi connectivity index (χ0) is 32.7. The Bertz CT molecular complexity index is 739. The van der Waals surface area contributed by atoms with Crippen LogP contribution in [0.15, 0.2) is 0 Å². The molecular weight excluding hydrogens is 604 g/mol. The van der Waals surface area contributed by atoms with E-state index in [9.17, 15) is 0 Å². The Morgan fingerprint density at radius 1 is 0.739 bits per heavy atom. The summed E-state index contributed by atoms with van der Waals surface area (Å²) in [5, 5.41) is 32.1. The number of rotatable bonds is 5. The van der Waals surface area contributed by atoms with Gasteiger partial charge in [0.1, 0.15) is 0 Å². The summed E-state index contributed by atoms with van der Waals surface area (Å²) < 4.78 is 5.29. The molecule has 256 valence electrons. The number of hydrogen-bond donors (Lipinski definition) is 4. The predicted molar refractivity (Wildman–Crippen MR) is 179 cm³/mol. The summed E-state index contributed by atoms with van der Waals surface area (Å²) in [7, 11) is 0. The van der Waals surface area contributed by atoms with Gasteiger partial charge in [-0.2, -0.15) is 10.5 Å². The molecule has 3 unspecified atom stereocenters. The molecule has 3 atom stereocenters. The average molecular weight is 667 g/mol. The van der Waals surface area contributed by atoms with Crippen LogP contribution in [0, 0.1) is 34.5 Å². The maximum atomic E-state index is 8.25. The van der Waals surface area contributed by atoms with Gasteiger partial charge in [0.2, 0.25) is 0 Å². The maximum Gasteiger partial charge on any atom is 1.00 e. The number of nitriles is 2. The van der Waals surface area contributed by atoms with Crippen molar-refractivity contribution in [2.24, 2.45) is 5.73 Å². The van der Waals surface area contributed by atoms with Crippen LogP contribution in [-0.4, -0.2) is 110 Å². The van der Waals surface area contributed by atoms with Crippen LogP contribution < -0.4 is 73.1 Å². The second-order valence-corrected chi connectivity index (χ2v) is 12.8. The molecule has 7 saturated heterocycles. The molecule has 7 fully saturated rings. The van der Waals surface area contributed by atoms with Gasteiger partial charge in [0, 0.05) is 26.2 Å². The first-order valence-corrected chi connectivity index (χ1v) is 17.9. The fraction of sp³-hybridized carbons (Fsp3) is 0.912. The third-order valence-corrected chi connectivity index (χ3v) is 9.59. The molecule has 11 nitrogen and oxygen atoms in total. The second-order valence-electron chi connectivity index (χ2n) is 12.8. The summed E-state index contributed by atoms with van der Waals surface area (Å²) in [5.41, 5.74) is 5.32. The van der Waals surface area contributed by atoms with Gasteiger partial charge >= 0.3 is 51.4 Å². The van der Waals surface area contributed by atoms with Crippen LogP contribution in [0.3, 0.4) is 0 Å². The Labute approximate surface area is 323 Å². The molecule has 7 rings (SSSR count). The van der Waals surface area contributed by atoms with E-state index in [-0.39, 0.29) is 63.5 Å². The quantitative estimate of drug-likeness (QED) is 0.239. The van der Waals surface area contributed by atoms with Gasteiger partial charge in [-0.1, -0.05) is 0 Å². The minimum Gasteiger partial charge on any atom is -0.512 e. The normalized spacial score (nSPS) is 29.7. The molecular formula is C34H63KN10O. The molecule has 0 aromatic rings. The molecule has 0 aromatic heterocycles. The van der Waals surface area contributed by atoms with Crippen molar-refractivity contribution in [2.45, 2.75) is 140 Å². The van der Waals surface area contributed by atoms with E-state index < -0.39 is 0 Å². The van der Waals surface area contributed by atoms with E-state index in [2.05, 4.69) is 49.7 Å². The first-order chi connectivity index (χ1) is 22.1. The summed E-state index contributed by atoms with van der Waals surface area (Å²) in [6.07, 6.45) is 20.8. The molecule has 0 aromatic carbocycles. The summed E-state index contributed by atoms with van der Waals surface area (Å²) in [4.78, 5) is 8.40. The number of fused-ring (bicyclic) bond motifs is 6. The van der Waals surface area contributed by atoms with Crippen LogP contribution in [-0.2, 0) is 4.74 Å². The molecule has 0 aliphatic carbocycles. The minimum atomic E-state index is 0. The van der Waals surface area contributed by atoms with Crippen LogP contribution in [0.5, 0.6) is 0 Å². The van der Waals surface area contributed by atoms with E-state index in [1.54, 1.807) is 0 Å². The maximum absolute atomic E-state index is 8.25. The number of nitrogens with two attached hydrogens (primary N) is 1. The second kappa shape index (κ2) is 27.6. The van der Waals surface area contributed by atoms with Crippen molar-refractivity contribution in [3.8, 4) is 12.1 Å². The molecule has 0 amide bonds. The Balaban J connectivity index is 0.000000299. The van der Waals surface area contributed by atoms with Crippen molar-refractivity contribution in [1.82, 2.24) is 30.7 Å². The van der Waals surface area contributed by atoms with Gasteiger partial charge in [0.15, 0.2) is 0 Å². The largest absolute Gasteiger partial charge is 1.00 e. The summed E-state index contributed by atoms with van der Waals surface area (Å²) >= 11 is 0. The number of ether oxygens (including phenoxy) is 1. The van der Waals surface area contributed by atoms with Gasteiger partial charge in [0.05, 0.1) is 48.8 Å². The number of nitrogens with zero attached hydrogens (tertiary/aromatic N) is 6. The molecule has 7 heterocycles. The smallest absolute Gasteiger partial charge is 0.512 e. The molecule has 46 heavy (non-hydrogen) atoms. The zero-order valence-corrected chi connectivity index (χ0v) is 32.5. The van der Waals surface area contributed by atoms with Crippen LogP contribution in [0.1, 0.15) is 104 Å². The minimum absolute atomic E-state index is 0. The summed E-state index contributed by atoms with van der Waals surface area (Å²) in [6.45, 7) is 19.1. The molecule has 5 N–H and O–H groups in total. The van der Waals surface area contributed by atoms with Crippen molar-refractivity contribution in [3.63, 3.8) is 0 Å². The third kappa shape index (κ3) is 15.6. The fourth-order valence-electron chi connectivity index (χ4n) is 7.41. The molecule has 0 saturated carbocycles. The SMILES string of the molecule is C1CC2N(C1)C1CCCN1C1CCCN21.C1CCNC1.CCOC(C)CCCN.N#CC1CCCN1.N#CC1CCCN1.[C-]#N.[K+]. The first-order valence-electron chi connectivity index (χ1n) is 17.9. The Morgan fingerprint density at radius 2 is 1.17 bits per heavy atom. The molecule has 12 heteroatoms. The standard InChI is InChI=1S/C12H21N3.C7H17NO.2C5H8N2.C4H9N.CN.K/c1-4-10-13(7-1)11-5-2-9-15(11)12-6-3-8-14(10)12;1-3-9-7(2)5-4-6-8;2*6-4-5-2-1-3-7-5;1-2-4-5-3-1;1-2;/h10-12H,1-9H2;7H,3-6,8H2,1-2H3;2*5,7H,1-3H2;5H,1-4H2;;/q;;;;;-1;+1. The monoisotopic (exact) mass is 666 g/mol. The Hall–Kier alpha value is -0.214. The molecule has 0 spiro atoms. The van der Waals surface area contributed by atoms with Gasteiger partial charge in [-0.15, -0.1) is 0 Å². The molecule has 7 aliphatic heterocycles. The predicted octanol–water partition coefficient (Wildman–Crippen LogP) is 0.410. The van der Waals surface area contributed by atoms with Gasteiger partial charge in [-0.05, 0) is 136 Å². The van der Waals surface area contributed by atoms with Gasteiger partial charge in [0.25, 0.3) is 0 Å². The van der Waals surface area contributed by atoms with Crippen molar-refractivity contribution in [3.05, 3.63) is 6.57 Å². The average Bonchev–Trinajstić information content (AvgIpc) is 3.93. The Morgan fingerprint density at radius 3 is 1.43 bits per heavy atom. The fourth-order valence-corrected chi connectivity index (χ4v) is 7.41. The Kier molecular flexibility index (Phi) is 26.3. The molecule has 7 aliphatic rings. The van der Waals surface area contributed by atoms with Gasteiger partial charge in [-0.25, -0.2) is 0 Å². The van der Waals surface area contributed by atoms with E-state index in [4.69, 9.17) is 32.8 Å². The van der Waals surface area contributed by atoms with Crippen LogP contribution >= 0.6 is 0 Å². The van der Waals surface area contributed by atoms with Gasteiger partial charge in [-0.3, -0.25) is 14.7 Å². The van der Waals surface area contributed by atoms with E-state index in [1.807, 2.05) is 6.92 Å². The molecule has 0 bridgehead atoms.